The largest absolute Gasteiger partial charge is 0.481 e. The summed E-state index contributed by atoms with van der Waals surface area (Å²) in [7, 11) is 0. The standard InChI is InChI=1S/C18H25NO3/c1-13-8-14(2)12-19(11-13)17(20)9-16(10-18(21)22)15-6-4-3-5-7-15/h3-7,13-14,16H,8-12H2,1-2H3,(H,21,22)/t13-,14-,16-/m1/s1. The van der Waals surface area contributed by atoms with Gasteiger partial charge in [0.1, 0.15) is 0 Å². The van der Waals surface area contributed by atoms with Gasteiger partial charge in [0.05, 0.1) is 6.42 Å². The predicted octanol–water partition coefficient (Wildman–Crippen LogP) is 3.14. The van der Waals surface area contributed by atoms with Crippen LogP contribution in [0.1, 0.15) is 44.6 Å². The zero-order valence-corrected chi connectivity index (χ0v) is 13.4. The predicted molar refractivity (Wildman–Crippen MR) is 85.6 cm³/mol. The van der Waals surface area contributed by atoms with Crippen molar-refractivity contribution in [3.8, 4) is 0 Å². The third kappa shape index (κ3) is 4.58. The van der Waals surface area contributed by atoms with Gasteiger partial charge in [-0.05, 0) is 23.8 Å². The molecule has 2 rings (SSSR count). The first kappa shape index (κ1) is 16.5. The Morgan fingerprint density at radius 3 is 2.27 bits per heavy atom. The molecule has 1 aromatic rings. The van der Waals surface area contributed by atoms with Crippen molar-refractivity contribution >= 4 is 11.9 Å². The summed E-state index contributed by atoms with van der Waals surface area (Å²) in [5.41, 5.74) is 0.927. The third-order valence-corrected chi connectivity index (χ3v) is 4.33. The van der Waals surface area contributed by atoms with Crippen LogP contribution in [0.4, 0.5) is 0 Å². The van der Waals surface area contributed by atoms with Gasteiger partial charge in [-0.2, -0.15) is 0 Å². The molecule has 0 saturated carbocycles. The molecule has 0 bridgehead atoms. The molecule has 0 radical (unpaired) electrons. The van der Waals surface area contributed by atoms with E-state index >= 15 is 0 Å². The second-order valence-corrected chi connectivity index (χ2v) is 6.65. The van der Waals surface area contributed by atoms with Gasteiger partial charge in [0.2, 0.25) is 5.91 Å². The van der Waals surface area contributed by atoms with Crippen LogP contribution >= 0.6 is 0 Å². The van der Waals surface area contributed by atoms with Crippen LogP contribution in [0, 0.1) is 11.8 Å². The maximum atomic E-state index is 12.6. The number of hydrogen-bond acceptors (Lipinski definition) is 2. The molecule has 1 saturated heterocycles. The molecule has 1 amide bonds. The lowest BCUT2D eigenvalue weighted by atomic mass is 9.89. The number of piperidine rings is 1. The first-order valence-electron chi connectivity index (χ1n) is 8.00. The quantitative estimate of drug-likeness (QED) is 0.909. The Kier molecular flexibility index (Phi) is 5.58. The summed E-state index contributed by atoms with van der Waals surface area (Å²) in [6.45, 7) is 5.92. The molecular formula is C18H25NO3. The van der Waals surface area contributed by atoms with Crippen molar-refractivity contribution in [2.45, 2.75) is 39.0 Å². The van der Waals surface area contributed by atoms with Crippen molar-refractivity contribution in [3.63, 3.8) is 0 Å². The highest BCUT2D eigenvalue weighted by atomic mass is 16.4. The molecule has 1 aliphatic rings. The van der Waals surface area contributed by atoms with Gasteiger partial charge in [-0.25, -0.2) is 0 Å². The van der Waals surface area contributed by atoms with Gasteiger partial charge in [-0.15, -0.1) is 0 Å². The summed E-state index contributed by atoms with van der Waals surface area (Å²) in [4.78, 5) is 25.6. The normalized spacial score (nSPS) is 23.1. The minimum atomic E-state index is -0.859. The fourth-order valence-corrected chi connectivity index (χ4v) is 3.45. The van der Waals surface area contributed by atoms with Gasteiger partial charge in [-0.1, -0.05) is 44.2 Å². The molecule has 3 atom stereocenters. The van der Waals surface area contributed by atoms with E-state index in [1.165, 1.54) is 0 Å². The summed E-state index contributed by atoms with van der Waals surface area (Å²) in [5, 5.41) is 9.13. The van der Waals surface area contributed by atoms with E-state index in [-0.39, 0.29) is 24.7 Å². The minimum Gasteiger partial charge on any atom is -0.481 e. The lowest BCUT2D eigenvalue weighted by Crippen LogP contribution is -2.43. The van der Waals surface area contributed by atoms with E-state index in [9.17, 15) is 9.59 Å². The molecule has 0 unspecified atom stereocenters. The molecule has 4 heteroatoms. The van der Waals surface area contributed by atoms with E-state index < -0.39 is 5.97 Å². The van der Waals surface area contributed by atoms with E-state index in [0.717, 1.165) is 25.1 Å². The number of carbonyl (C=O) groups excluding carboxylic acids is 1. The number of carbonyl (C=O) groups is 2. The molecule has 0 spiro atoms. The zero-order valence-electron chi connectivity index (χ0n) is 13.4. The molecule has 120 valence electrons. The van der Waals surface area contributed by atoms with E-state index in [4.69, 9.17) is 5.11 Å². The monoisotopic (exact) mass is 303 g/mol. The van der Waals surface area contributed by atoms with Crippen LogP contribution in [0.3, 0.4) is 0 Å². The molecular weight excluding hydrogens is 278 g/mol. The van der Waals surface area contributed by atoms with Crippen molar-refractivity contribution < 1.29 is 14.7 Å². The number of carboxylic acid groups (broad SMARTS) is 1. The Balaban J connectivity index is 2.06. The van der Waals surface area contributed by atoms with Gasteiger partial charge in [0, 0.05) is 25.4 Å². The van der Waals surface area contributed by atoms with E-state index in [1.807, 2.05) is 35.2 Å². The van der Waals surface area contributed by atoms with E-state index in [1.54, 1.807) is 0 Å². The number of amides is 1. The summed E-state index contributed by atoms with van der Waals surface area (Å²) in [6, 6.07) is 9.49. The molecule has 1 fully saturated rings. The third-order valence-electron chi connectivity index (χ3n) is 4.33. The number of benzene rings is 1. The number of likely N-dealkylation sites (tertiary alicyclic amines) is 1. The Morgan fingerprint density at radius 2 is 1.73 bits per heavy atom. The number of carboxylic acids is 1. The van der Waals surface area contributed by atoms with Gasteiger partial charge < -0.3 is 10.0 Å². The highest BCUT2D eigenvalue weighted by molar-refractivity contribution is 5.78. The van der Waals surface area contributed by atoms with E-state index in [0.29, 0.717) is 11.8 Å². The van der Waals surface area contributed by atoms with Gasteiger partial charge >= 0.3 is 5.97 Å². The second kappa shape index (κ2) is 7.43. The molecule has 1 aliphatic heterocycles. The first-order valence-corrected chi connectivity index (χ1v) is 8.00. The summed E-state index contributed by atoms with van der Waals surface area (Å²) in [5.74, 6) is -0.000951. The highest BCUT2D eigenvalue weighted by Crippen LogP contribution is 2.27. The number of rotatable bonds is 5. The maximum absolute atomic E-state index is 12.6. The van der Waals surface area contributed by atoms with Crippen LogP contribution in [-0.4, -0.2) is 35.0 Å². The van der Waals surface area contributed by atoms with Crippen LogP contribution < -0.4 is 0 Å². The van der Waals surface area contributed by atoms with Crippen LogP contribution in [0.15, 0.2) is 30.3 Å². The first-order chi connectivity index (χ1) is 10.5. The van der Waals surface area contributed by atoms with Crippen molar-refractivity contribution in [2.24, 2.45) is 11.8 Å². The summed E-state index contributed by atoms with van der Waals surface area (Å²) >= 11 is 0. The Hall–Kier alpha value is -1.84. The number of aliphatic carboxylic acids is 1. The SMILES string of the molecule is C[C@@H]1C[C@@H](C)CN(C(=O)C[C@H](CC(=O)O)c2ccccc2)C1. The number of nitrogens with zero attached hydrogens (tertiary/aromatic N) is 1. The summed E-state index contributed by atoms with van der Waals surface area (Å²) < 4.78 is 0. The van der Waals surface area contributed by atoms with Crippen molar-refractivity contribution in [1.82, 2.24) is 4.90 Å². The molecule has 22 heavy (non-hydrogen) atoms. The zero-order chi connectivity index (χ0) is 16.1. The van der Waals surface area contributed by atoms with Crippen LogP contribution in [0.2, 0.25) is 0 Å². The maximum Gasteiger partial charge on any atom is 0.303 e. The molecule has 0 aliphatic carbocycles. The molecule has 1 heterocycles. The van der Waals surface area contributed by atoms with Gasteiger partial charge in [0.15, 0.2) is 0 Å². The van der Waals surface area contributed by atoms with Crippen molar-refractivity contribution in [3.05, 3.63) is 35.9 Å². The van der Waals surface area contributed by atoms with Crippen LogP contribution in [0.25, 0.3) is 0 Å². The number of hydrogen-bond donors (Lipinski definition) is 1. The lowest BCUT2D eigenvalue weighted by molar-refractivity contribution is -0.138. The van der Waals surface area contributed by atoms with Gasteiger partial charge in [-0.3, -0.25) is 9.59 Å². The second-order valence-electron chi connectivity index (χ2n) is 6.65. The molecule has 4 nitrogen and oxygen atoms in total. The Bertz CT molecular complexity index is 504. The Morgan fingerprint density at radius 1 is 1.14 bits per heavy atom. The lowest BCUT2D eigenvalue weighted by Gasteiger charge is -2.35. The average molecular weight is 303 g/mol. The van der Waals surface area contributed by atoms with Gasteiger partial charge in [0.25, 0.3) is 0 Å². The topological polar surface area (TPSA) is 57.6 Å². The van der Waals surface area contributed by atoms with E-state index in [2.05, 4.69) is 13.8 Å². The Labute approximate surface area is 132 Å². The molecule has 0 aromatic heterocycles. The minimum absolute atomic E-state index is 0.00526. The van der Waals surface area contributed by atoms with Crippen molar-refractivity contribution in [2.75, 3.05) is 13.1 Å². The molecule has 1 aromatic carbocycles. The fourth-order valence-electron chi connectivity index (χ4n) is 3.45. The average Bonchev–Trinajstić information content (AvgIpc) is 2.46. The summed E-state index contributed by atoms with van der Waals surface area (Å²) in [6.07, 6.45) is 1.42. The highest BCUT2D eigenvalue weighted by Gasteiger charge is 2.28. The smallest absolute Gasteiger partial charge is 0.303 e. The molecule has 1 N–H and O–H groups in total. The van der Waals surface area contributed by atoms with Crippen LogP contribution in [-0.2, 0) is 9.59 Å². The van der Waals surface area contributed by atoms with Crippen LogP contribution in [0.5, 0.6) is 0 Å². The van der Waals surface area contributed by atoms with Crippen molar-refractivity contribution in [1.29, 1.82) is 0 Å². The fraction of sp³-hybridized carbons (Fsp3) is 0.556.